The van der Waals surface area contributed by atoms with Crippen LogP contribution in [0.15, 0.2) is 60.7 Å². The molecule has 2 aromatic carbocycles. The van der Waals surface area contributed by atoms with Gasteiger partial charge in [-0.05, 0) is 0 Å². The molecule has 108 valence electrons. The summed E-state index contributed by atoms with van der Waals surface area (Å²) in [5.74, 6) is -1.03. The predicted molar refractivity (Wildman–Crippen MR) is 84.7 cm³/mol. The lowest BCUT2D eigenvalue weighted by Crippen LogP contribution is -2.23. The van der Waals surface area contributed by atoms with Gasteiger partial charge in [0, 0.05) is 11.1 Å². The van der Waals surface area contributed by atoms with Crippen LogP contribution >= 0.6 is 11.7 Å². The van der Waals surface area contributed by atoms with Crippen molar-refractivity contribution in [3.8, 4) is 11.3 Å². The maximum absolute atomic E-state index is 12.1. The van der Waals surface area contributed by atoms with Crippen molar-refractivity contribution in [3.05, 3.63) is 66.2 Å². The maximum Gasteiger partial charge on any atom is 0.298 e. The number of hydrogen-bond donors (Lipinski definition) is 1. The van der Waals surface area contributed by atoms with Gasteiger partial charge in [0.2, 0.25) is 0 Å². The van der Waals surface area contributed by atoms with Gasteiger partial charge in [-0.3, -0.25) is 9.59 Å². The van der Waals surface area contributed by atoms with E-state index in [0.717, 1.165) is 17.3 Å². The summed E-state index contributed by atoms with van der Waals surface area (Å²) in [6.45, 7) is 0. The second kappa shape index (κ2) is 6.28. The Labute approximate surface area is 131 Å². The second-order valence-electron chi connectivity index (χ2n) is 4.48. The fourth-order valence-electron chi connectivity index (χ4n) is 1.94. The molecular weight excluding hydrogens is 298 g/mol. The van der Waals surface area contributed by atoms with E-state index >= 15 is 0 Å². The number of benzene rings is 2. The summed E-state index contributed by atoms with van der Waals surface area (Å²) in [6.07, 6.45) is 0. The Kier molecular flexibility index (Phi) is 4.02. The van der Waals surface area contributed by atoms with Crippen molar-refractivity contribution in [2.75, 3.05) is 5.32 Å². The maximum atomic E-state index is 12.1. The van der Waals surface area contributed by atoms with Gasteiger partial charge in [-0.15, -0.1) is 0 Å². The number of hydrogen-bond acceptors (Lipinski definition) is 5. The molecule has 0 aliphatic heterocycles. The van der Waals surface area contributed by atoms with E-state index in [1.807, 2.05) is 30.3 Å². The van der Waals surface area contributed by atoms with Crippen LogP contribution in [0.1, 0.15) is 10.4 Å². The van der Waals surface area contributed by atoms with Crippen LogP contribution in [-0.2, 0) is 4.79 Å². The van der Waals surface area contributed by atoms with E-state index in [1.165, 1.54) is 0 Å². The minimum atomic E-state index is -0.726. The quantitative estimate of drug-likeness (QED) is 0.594. The molecule has 6 heteroatoms. The summed E-state index contributed by atoms with van der Waals surface area (Å²) >= 11 is 0.985. The molecule has 0 radical (unpaired) electrons. The van der Waals surface area contributed by atoms with Crippen molar-refractivity contribution >= 4 is 29.2 Å². The van der Waals surface area contributed by atoms with Crippen LogP contribution in [0.25, 0.3) is 11.3 Å². The van der Waals surface area contributed by atoms with Crippen LogP contribution in [0.4, 0.5) is 5.82 Å². The fourth-order valence-corrected chi connectivity index (χ4v) is 2.47. The Hall–Kier alpha value is -2.86. The smallest absolute Gasteiger partial charge is 0.298 e. The molecule has 0 fully saturated rings. The van der Waals surface area contributed by atoms with Gasteiger partial charge in [0.1, 0.15) is 5.69 Å². The number of nitrogens with one attached hydrogen (secondary N) is 1. The fraction of sp³-hybridized carbons (Fsp3) is 0. The number of nitrogens with zero attached hydrogens (tertiary/aromatic N) is 2. The number of carbonyl (C=O) groups excluding carboxylic acids is 2. The zero-order valence-corrected chi connectivity index (χ0v) is 12.2. The number of ketones is 1. The molecule has 0 saturated heterocycles. The van der Waals surface area contributed by atoms with E-state index < -0.39 is 11.7 Å². The average molecular weight is 309 g/mol. The normalized spacial score (nSPS) is 10.2. The first-order chi connectivity index (χ1) is 10.8. The van der Waals surface area contributed by atoms with E-state index in [4.69, 9.17) is 0 Å². The summed E-state index contributed by atoms with van der Waals surface area (Å²) in [4.78, 5) is 24.1. The van der Waals surface area contributed by atoms with Crippen molar-refractivity contribution in [3.63, 3.8) is 0 Å². The van der Waals surface area contributed by atoms with E-state index in [9.17, 15) is 9.59 Å². The SMILES string of the molecule is O=C(Nc1nsnc1-c1ccccc1)C(=O)c1ccccc1. The van der Waals surface area contributed by atoms with E-state index in [1.54, 1.807) is 30.3 Å². The summed E-state index contributed by atoms with van der Waals surface area (Å²) in [7, 11) is 0. The minimum absolute atomic E-state index is 0.297. The Bertz CT molecular complexity index is 801. The molecule has 1 heterocycles. The van der Waals surface area contributed by atoms with Crippen LogP contribution in [0.3, 0.4) is 0 Å². The van der Waals surface area contributed by atoms with Crippen molar-refractivity contribution in [2.45, 2.75) is 0 Å². The lowest BCUT2D eigenvalue weighted by molar-refractivity contribution is -0.112. The van der Waals surface area contributed by atoms with Crippen molar-refractivity contribution in [2.24, 2.45) is 0 Å². The zero-order chi connectivity index (χ0) is 15.4. The molecule has 3 aromatic rings. The minimum Gasteiger partial charge on any atom is -0.301 e. The number of amides is 1. The van der Waals surface area contributed by atoms with Gasteiger partial charge in [-0.2, -0.15) is 8.75 Å². The standard InChI is InChI=1S/C16H11N3O2S/c20-14(12-9-5-2-6-10-12)16(21)17-15-13(18-22-19-15)11-7-3-1-4-8-11/h1-10H,(H,17,19,21). The summed E-state index contributed by atoms with van der Waals surface area (Å²) < 4.78 is 8.23. The van der Waals surface area contributed by atoms with E-state index in [-0.39, 0.29) is 0 Å². The molecule has 0 saturated carbocycles. The molecule has 0 atom stereocenters. The van der Waals surface area contributed by atoms with Gasteiger partial charge >= 0.3 is 0 Å². The predicted octanol–water partition coefficient (Wildman–Crippen LogP) is 3.03. The number of Topliss-reactive ketones (excluding diaryl/α,β-unsaturated/α-hetero) is 1. The van der Waals surface area contributed by atoms with Gasteiger partial charge in [0.15, 0.2) is 5.82 Å². The zero-order valence-electron chi connectivity index (χ0n) is 11.4. The first-order valence-electron chi connectivity index (χ1n) is 6.54. The third-order valence-electron chi connectivity index (χ3n) is 3.01. The van der Waals surface area contributed by atoms with Crippen LogP contribution in [-0.4, -0.2) is 20.4 Å². The van der Waals surface area contributed by atoms with E-state index in [0.29, 0.717) is 17.1 Å². The monoisotopic (exact) mass is 309 g/mol. The number of rotatable bonds is 4. The van der Waals surface area contributed by atoms with Crippen molar-refractivity contribution in [1.29, 1.82) is 0 Å². The van der Waals surface area contributed by atoms with Crippen LogP contribution < -0.4 is 5.32 Å². The summed E-state index contributed by atoms with van der Waals surface area (Å²) in [5, 5.41) is 2.54. The molecule has 1 amide bonds. The van der Waals surface area contributed by atoms with Gasteiger partial charge in [-0.1, -0.05) is 60.7 Å². The molecule has 0 spiro atoms. The van der Waals surface area contributed by atoms with Crippen LogP contribution in [0.2, 0.25) is 0 Å². The highest BCUT2D eigenvalue weighted by atomic mass is 32.1. The first-order valence-corrected chi connectivity index (χ1v) is 7.27. The van der Waals surface area contributed by atoms with Crippen molar-refractivity contribution < 1.29 is 9.59 Å². The van der Waals surface area contributed by atoms with Gasteiger partial charge < -0.3 is 5.32 Å². The Morgan fingerprint density at radius 1 is 0.864 bits per heavy atom. The molecule has 0 unspecified atom stereocenters. The Balaban J connectivity index is 1.81. The molecular formula is C16H11N3O2S. The third kappa shape index (κ3) is 2.91. The lowest BCUT2D eigenvalue weighted by Gasteiger charge is -2.03. The number of anilines is 1. The molecule has 0 bridgehead atoms. The Morgan fingerprint density at radius 3 is 2.18 bits per heavy atom. The van der Waals surface area contributed by atoms with Crippen LogP contribution in [0.5, 0.6) is 0 Å². The second-order valence-corrected chi connectivity index (χ2v) is 5.01. The number of carbonyl (C=O) groups is 2. The van der Waals surface area contributed by atoms with Crippen LogP contribution in [0, 0.1) is 0 Å². The lowest BCUT2D eigenvalue weighted by atomic mass is 10.1. The number of aromatic nitrogens is 2. The summed E-state index contributed by atoms with van der Waals surface area (Å²) in [6, 6.07) is 17.8. The van der Waals surface area contributed by atoms with E-state index in [2.05, 4.69) is 14.1 Å². The molecule has 0 aliphatic rings. The average Bonchev–Trinajstić information content (AvgIpc) is 3.04. The van der Waals surface area contributed by atoms with Gasteiger partial charge in [0.25, 0.3) is 11.7 Å². The molecule has 1 aromatic heterocycles. The van der Waals surface area contributed by atoms with Gasteiger partial charge in [-0.25, -0.2) is 0 Å². The van der Waals surface area contributed by atoms with Gasteiger partial charge in [0.05, 0.1) is 11.7 Å². The first kappa shape index (κ1) is 14.1. The highest BCUT2D eigenvalue weighted by Gasteiger charge is 2.19. The molecule has 22 heavy (non-hydrogen) atoms. The molecule has 1 N–H and O–H groups in total. The molecule has 0 aliphatic carbocycles. The summed E-state index contributed by atoms with van der Waals surface area (Å²) in [5.41, 5.74) is 1.72. The highest BCUT2D eigenvalue weighted by molar-refractivity contribution is 6.99. The third-order valence-corrected chi connectivity index (χ3v) is 3.54. The molecule has 5 nitrogen and oxygen atoms in total. The van der Waals surface area contributed by atoms with Crippen molar-refractivity contribution in [1.82, 2.24) is 8.75 Å². The largest absolute Gasteiger partial charge is 0.301 e. The topological polar surface area (TPSA) is 72.0 Å². The highest BCUT2D eigenvalue weighted by Crippen LogP contribution is 2.25. The Morgan fingerprint density at radius 2 is 1.50 bits per heavy atom. The molecule has 3 rings (SSSR count).